The first kappa shape index (κ1) is 15.5. The van der Waals surface area contributed by atoms with Crippen molar-refractivity contribution in [1.82, 2.24) is 4.98 Å². The third-order valence-electron chi connectivity index (χ3n) is 3.28. The Labute approximate surface area is 124 Å². The number of pyridine rings is 1. The number of aromatic nitrogens is 1. The first-order valence-electron chi connectivity index (χ1n) is 6.89. The van der Waals surface area contributed by atoms with E-state index < -0.39 is 5.91 Å². The van der Waals surface area contributed by atoms with Gasteiger partial charge in [-0.25, -0.2) is 0 Å². The summed E-state index contributed by atoms with van der Waals surface area (Å²) in [6.45, 7) is 5.42. The second kappa shape index (κ2) is 7.24. The van der Waals surface area contributed by atoms with Crippen LogP contribution in [0.1, 0.15) is 15.9 Å². The number of nitrogens with two attached hydrogens (primary N) is 1. The Hall–Kier alpha value is -1.86. The molecule has 0 spiro atoms. The van der Waals surface area contributed by atoms with Gasteiger partial charge in [-0.3, -0.25) is 4.79 Å². The lowest BCUT2D eigenvalue weighted by Crippen LogP contribution is -2.37. The zero-order valence-corrected chi connectivity index (χ0v) is 12.4. The van der Waals surface area contributed by atoms with Gasteiger partial charge in [0, 0.05) is 20.2 Å². The second-order valence-corrected chi connectivity index (χ2v) is 4.78. The lowest BCUT2D eigenvalue weighted by molar-refractivity contribution is 0.0989. The fourth-order valence-corrected chi connectivity index (χ4v) is 2.21. The Morgan fingerprint density at radius 1 is 1.43 bits per heavy atom. The van der Waals surface area contributed by atoms with Crippen molar-refractivity contribution in [3.8, 4) is 5.88 Å². The van der Waals surface area contributed by atoms with E-state index in [1.54, 1.807) is 7.11 Å². The van der Waals surface area contributed by atoms with Crippen molar-refractivity contribution in [2.45, 2.75) is 6.92 Å². The molecule has 0 aliphatic carbocycles. The van der Waals surface area contributed by atoms with Crippen LogP contribution in [-0.2, 0) is 9.47 Å². The number of nitrogens with zero attached hydrogens (tertiary/aromatic N) is 2. The van der Waals surface area contributed by atoms with Gasteiger partial charge in [0.2, 0.25) is 5.88 Å². The molecule has 2 heterocycles. The van der Waals surface area contributed by atoms with Gasteiger partial charge in [-0.1, -0.05) is 0 Å². The van der Waals surface area contributed by atoms with E-state index in [4.69, 9.17) is 19.9 Å². The topological polar surface area (TPSA) is 86.9 Å². The van der Waals surface area contributed by atoms with E-state index in [0.29, 0.717) is 32.0 Å². The summed E-state index contributed by atoms with van der Waals surface area (Å²) < 4.78 is 15.8. The molecule has 1 aliphatic heterocycles. The highest BCUT2D eigenvalue weighted by Crippen LogP contribution is 2.25. The Morgan fingerprint density at radius 2 is 2.14 bits per heavy atom. The van der Waals surface area contributed by atoms with Crippen molar-refractivity contribution >= 4 is 11.7 Å². The monoisotopic (exact) mass is 295 g/mol. The van der Waals surface area contributed by atoms with Gasteiger partial charge in [-0.05, 0) is 18.6 Å². The van der Waals surface area contributed by atoms with Crippen molar-refractivity contribution in [2.75, 3.05) is 51.5 Å². The molecule has 1 fully saturated rings. The number of primary amides is 1. The molecule has 1 saturated heterocycles. The Morgan fingerprint density at radius 3 is 2.76 bits per heavy atom. The maximum atomic E-state index is 11.6. The van der Waals surface area contributed by atoms with Crippen LogP contribution in [0.2, 0.25) is 0 Å². The van der Waals surface area contributed by atoms with E-state index in [9.17, 15) is 4.79 Å². The molecule has 21 heavy (non-hydrogen) atoms. The zero-order chi connectivity index (χ0) is 15.2. The van der Waals surface area contributed by atoms with Gasteiger partial charge in [0.15, 0.2) is 0 Å². The van der Waals surface area contributed by atoms with E-state index >= 15 is 0 Å². The maximum Gasteiger partial charge on any atom is 0.254 e. The van der Waals surface area contributed by atoms with Crippen LogP contribution in [0.3, 0.4) is 0 Å². The first-order valence-corrected chi connectivity index (χ1v) is 6.89. The predicted molar refractivity (Wildman–Crippen MR) is 77.9 cm³/mol. The highest BCUT2D eigenvalue weighted by Gasteiger charge is 2.20. The van der Waals surface area contributed by atoms with Gasteiger partial charge in [-0.15, -0.1) is 0 Å². The number of amides is 1. The number of methoxy groups -OCH3 is 1. The van der Waals surface area contributed by atoms with Gasteiger partial charge < -0.3 is 24.8 Å². The molecular formula is C14H21N3O4. The fraction of sp³-hybridized carbons (Fsp3) is 0.571. The summed E-state index contributed by atoms with van der Waals surface area (Å²) in [6.07, 6.45) is 0. The summed E-state index contributed by atoms with van der Waals surface area (Å²) in [5, 5.41) is 0. The SMILES string of the molecule is COCCOc1nc(N2CCOCC2)cc(C)c1C(N)=O. The van der Waals surface area contributed by atoms with Crippen molar-refractivity contribution in [2.24, 2.45) is 5.73 Å². The van der Waals surface area contributed by atoms with E-state index in [2.05, 4.69) is 9.88 Å². The van der Waals surface area contributed by atoms with E-state index in [1.807, 2.05) is 13.0 Å². The lowest BCUT2D eigenvalue weighted by atomic mass is 10.1. The number of aryl methyl sites for hydroxylation is 1. The molecule has 2 N–H and O–H groups in total. The summed E-state index contributed by atoms with van der Waals surface area (Å²) in [5.41, 5.74) is 6.50. The normalized spacial score (nSPS) is 15.0. The average Bonchev–Trinajstić information content (AvgIpc) is 2.47. The number of hydrogen-bond donors (Lipinski definition) is 1. The summed E-state index contributed by atoms with van der Waals surface area (Å²) in [7, 11) is 1.58. The molecule has 1 aromatic rings. The quantitative estimate of drug-likeness (QED) is 0.762. The highest BCUT2D eigenvalue weighted by molar-refractivity contribution is 5.96. The second-order valence-electron chi connectivity index (χ2n) is 4.78. The van der Waals surface area contributed by atoms with Crippen LogP contribution >= 0.6 is 0 Å². The molecule has 0 radical (unpaired) electrons. The molecule has 0 unspecified atom stereocenters. The van der Waals surface area contributed by atoms with Crippen LogP contribution in [0.25, 0.3) is 0 Å². The molecule has 1 amide bonds. The number of morpholine rings is 1. The van der Waals surface area contributed by atoms with Crippen molar-refractivity contribution in [3.05, 3.63) is 17.2 Å². The number of rotatable bonds is 6. The molecule has 2 rings (SSSR count). The van der Waals surface area contributed by atoms with Crippen molar-refractivity contribution in [3.63, 3.8) is 0 Å². The summed E-state index contributed by atoms with van der Waals surface area (Å²) in [4.78, 5) is 18.1. The van der Waals surface area contributed by atoms with E-state index in [-0.39, 0.29) is 5.88 Å². The largest absolute Gasteiger partial charge is 0.475 e. The van der Waals surface area contributed by atoms with Gasteiger partial charge in [0.25, 0.3) is 5.91 Å². The fourth-order valence-electron chi connectivity index (χ4n) is 2.21. The third kappa shape index (κ3) is 3.83. The Bertz CT molecular complexity index is 501. The standard InChI is InChI=1S/C14H21N3O4/c1-10-9-11(17-3-5-20-6-4-17)16-14(12(10)13(15)18)21-8-7-19-2/h9H,3-8H2,1-2H3,(H2,15,18). The Balaban J connectivity index is 2.28. The highest BCUT2D eigenvalue weighted by atomic mass is 16.5. The molecular weight excluding hydrogens is 274 g/mol. The summed E-state index contributed by atoms with van der Waals surface area (Å²) >= 11 is 0. The lowest BCUT2D eigenvalue weighted by Gasteiger charge is -2.28. The van der Waals surface area contributed by atoms with Crippen molar-refractivity contribution < 1.29 is 19.0 Å². The smallest absolute Gasteiger partial charge is 0.254 e. The maximum absolute atomic E-state index is 11.6. The average molecular weight is 295 g/mol. The number of hydrogen-bond acceptors (Lipinski definition) is 6. The molecule has 7 heteroatoms. The molecule has 0 saturated carbocycles. The minimum absolute atomic E-state index is 0.265. The van der Waals surface area contributed by atoms with Crippen LogP contribution in [0.4, 0.5) is 5.82 Å². The van der Waals surface area contributed by atoms with Crippen LogP contribution in [-0.4, -0.2) is 57.5 Å². The minimum atomic E-state index is -0.541. The van der Waals surface area contributed by atoms with Crippen LogP contribution < -0.4 is 15.4 Å². The minimum Gasteiger partial charge on any atom is -0.475 e. The summed E-state index contributed by atoms with van der Waals surface area (Å²) in [6, 6.07) is 1.86. The zero-order valence-electron chi connectivity index (χ0n) is 12.4. The molecule has 116 valence electrons. The first-order chi connectivity index (χ1) is 10.1. The van der Waals surface area contributed by atoms with Crippen LogP contribution in [0.15, 0.2) is 6.07 Å². The molecule has 0 atom stereocenters. The van der Waals surface area contributed by atoms with Crippen molar-refractivity contribution in [1.29, 1.82) is 0 Å². The number of anilines is 1. The van der Waals surface area contributed by atoms with Gasteiger partial charge >= 0.3 is 0 Å². The van der Waals surface area contributed by atoms with Gasteiger partial charge in [0.05, 0.1) is 19.8 Å². The van der Waals surface area contributed by atoms with E-state index in [0.717, 1.165) is 24.5 Å². The molecule has 0 bridgehead atoms. The number of carbonyl (C=O) groups is 1. The van der Waals surface area contributed by atoms with E-state index in [1.165, 1.54) is 0 Å². The number of carbonyl (C=O) groups excluding carboxylic acids is 1. The molecule has 1 aromatic heterocycles. The van der Waals surface area contributed by atoms with Crippen LogP contribution in [0.5, 0.6) is 5.88 Å². The molecule has 7 nitrogen and oxygen atoms in total. The Kier molecular flexibility index (Phi) is 5.35. The van der Waals surface area contributed by atoms with Gasteiger partial charge in [-0.2, -0.15) is 4.98 Å². The molecule has 1 aliphatic rings. The number of ether oxygens (including phenoxy) is 3. The predicted octanol–water partition coefficient (Wildman–Crippen LogP) is 0.351. The van der Waals surface area contributed by atoms with Crippen LogP contribution in [0, 0.1) is 6.92 Å². The molecule has 0 aromatic carbocycles. The summed E-state index contributed by atoms with van der Waals surface area (Å²) in [5.74, 6) is 0.496. The van der Waals surface area contributed by atoms with Gasteiger partial charge in [0.1, 0.15) is 18.0 Å². The third-order valence-corrected chi connectivity index (χ3v) is 3.28.